The van der Waals surface area contributed by atoms with Gasteiger partial charge in [0, 0.05) is 0 Å². The lowest BCUT2D eigenvalue weighted by Crippen LogP contribution is -1.93. The second-order valence-corrected chi connectivity index (χ2v) is 2.30. The van der Waals surface area contributed by atoms with Crippen molar-refractivity contribution in [2.45, 2.75) is 13.2 Å². The van der Waals surface area contributed by atoms with Gasteiger partial charge in [-0.2, -0.15) is 0 Å². The van der Waals surface area contributed by atoms with Crippen molar-refractivity contribution in [2.24, 2.45) is 0 Å². The van der Waals surface area contributed by atoms with Crippen molar-refractivity contribution in [2.75, 3.05) is 0 Å². The first-order chi connectivity index (χ1) is 6.04. The molecule has 0 aliphatic carbocycles. The van der Waals surface area contributed by atoms with Gasteiger partial charge in [0.2, 0.25) is 0 Å². The van der Waals surface area contributed by atoms with E-state index in [1.807, 2.05) is 0 Å². The summed E-state index contributed by atoms with van der Waals surface area (Å²) >= 11 is 0. The van der Waals surface area contributed by atoms with Crippen LogP contribution in [0.5, 0.6) is 0 Å². The summed E-state index contributed by atoms with van der Waals surface area (Å²) in [5.41, 5.74) is 0.331. The van der Waals surface area contributed by atoms with E-state index < -0.39 is 12.3 Å². The average molecular weight is 184 g/mol. The number of aliphatic hydroxyl groups is 2. The number of benzene rings is 1. The fraction of sp³-hybridized carbons (Fsp3) is 0.222. The minimum atomic E-state index is -1.17. The van der Waals surface area contributed by atoms with Gasteiger partial charge in [-0.15, -0.1) is 0 Å². The van der Waals surface area contributed by atoms with Gasteiger partial charge < -0.3 is 15.3 Å². The molecule has 4 nitrogen and oxygen atoms in total. The van der Waals surface area contributed by atoms with Crippen LogP contribution in [0.1, 0.15) is 17.3 Å². The van der Waals surface area contributed by atoms with Crippen LogP contribution in [0.3, 0.4) is 0 Å². The molecule has 1 aromatic rings. The molecule has 0 atom stereocenters. The standard InChI is InChI=1S/C7H6O2.C2H6O2/c8-7(9)6-4-2-1-3-5-6;1-2(3)4/h1-5H,(H,8,9);2-4H,1H3. The van der Waals surface area contributed by atoms with E-state index in [4.69, 9.17) is 15.3 Å². The van der Waals surface area contributed by atoms with E-state index in [2.05, 4.69) is 0 Å². The van der Waals surface area contributed by atoms with Gasteiger partial charge in [0.25, 0.3) is 0 Å². The second-order valence-electron chi connectivity index (χ2n) is 2.30. The van der Waals surface area contributed by atoms with E-state index in [9.17, 15) is 4.79 Å². The number of hydrogen-bond donors (Lipinski definition) is 3. The molecule has 1 rings (SSSR count). The highest BCUT2D eigenvalue weighted by molar-refractivity contribution is 5.87. The fourth-order valence-electron chi connectivity index (χ4n) is 0.581. The van der Waals surface area contributed by atoms with Crippen molar-refractivity contribution >= 4 is 5.97 Å². The highest BCUT2D eigenvalue weighted by Gasteiger charge is 1.96. The van der Waals surface area contributed by atoms with Gasteiger partial charge in [0.15, 0.2) is 0 Å². The van der Waals surface area contributed by atoms with E-state index in [1.165, 1.54) is 6.92 Å². The number of rotatable bonds is 1. The lowest BCUT2D eigenvalue weighted by atomic mass is 10.2. The first-order valence-electron chi connectivity index (χ1n) is 3.68. The zero-order chi connectivity index (χ0) is 10.3. The third-order valence-electron chi connectivity index (χ3n) is 1.02. The van der Waals surface area contributed by atoms with Gasteiger partial charge in [0.05, 0.1) is 5.56 Å². The Morgan fingerprint density at radius 3 is 1.85 bits per heavy atom. The third-order valence-corrected chi connectivity index (χ3v) is 1.02. The summed E-state index contributed by atoms with van der Waals surface area (Å²) in [5, 5.41) is 23.6. The van der Waals surface area contributed by atoms with Crippen molar-refractivity contribution in [1.29, 1.82) is 0 Å². The maximum Gasteiger partial charge on any atom is 0.335 e. The predicted octanol–water partition coefficient (Wildman–Crippen LogP) is 0.702. The topological polar surface area (TPSA) is 77.8 Å². The molecule has 0 aliphatic rings. The molecule has 1 aromatic carbocycles. The molecule has 0 aliphatic heterocycles. The van der Waals surface area contributed by atoms with Crippen LogP contribution in [0.15, 0.2) is 30.3 Å². The predicted molar refractivity (Wildman–Crippen MR) is 47.3 cm³/mol. The quantitative estimate of drug-likeness (QED) is 0.561. The molecule has 4 heteroatoms. The highest BCUT2D eigenvalue weighted by atomic mass is 16.5. The van der Waals surface area contributed by atoms with Crippen molar-refractivity contribution < 1.29 is 20.1 Å². The number of aliphatic hydroxyl groups excluding tert-OH is 1. The molecule has 0 aromatic heterocycles. The number of carboxylic acids is 1. The molecular formula is C9H12O4. The van der Waals surface area contributed by atoms with Crippen LogP contribution in [0.2, 0.25) is 0 Å². The maximum atomic E-state index is 10.2. The molecule has 0 saturated heterocycles. The molecule has 0 radical (unpaired) electrons. The SMILES string of the molecule is CC(O)O.O=C(O)c1ccccc1. The van der Waals surface area contributed by atoms with Gasteiger partial charge in [-0.3, -0.25) is 0 Å². The largest absolute Gasteiger partial charge is 0.478 e. The Kier molecular flexibility index (Phi) is 5.50. The molecule has 0 unspecified atom stereocenters. The molecule has 0 spiro atoms. The molecule has 0 fully saturated rings. The zero-order valence-corrected chi connectivity index (χ0v) is 7.21. The summed E-state index contributed by atoms with van der Waals surface area (Å²) in [7, 11) is 0. The van der Waals surface area contributed by atoms with Gasteiger partial charge in [-0.1, -0.05) is 18.2 Å². The molecule has 13 heavy (non-hydrogen) atoms. The Balaban J connectivity index is 0.000000310. The lowest BCUT2D eigenvalue weighted by molar-refractivity contribution is -0.0228. The Labute approximate surface area is 76.1 Å². The lowest BCUT2D eigenvalue weighted by Gasteiger charge is -1.88. The normalized spacial score (nSPS) is 8.92. The Hall–Kier alpha value is -1.39. The number of carbonyl (C=O) groups is 1. The monoisotopic (exact) mass is 184 g/mol. The first kappa shape index (κ1) is 11.6. The number of carboxylic acid groups (broad SMARTS) is 1. The summed E-state index contributed by atoms with van der Waals surface area (Å²) in [5.74, 6) is -0.879. The maximum absolute atomic E-state index is 10.2. The Bertz CT molecular complexity index is 240. The van der Waals surface area contributed by atoms with Gasteiger partial charge in [-0.25, -0.2) is 4.79 Å². The summed E-state index contributed by atoms with van der Waals surface area (Å²) in [6.07, 6.45) is -1.17. The molecule has 0 amide bonds. The molecule has 0 heterocycles. The van der Waals surface area contributed by atoms with Crippen LogP contribution in [0.4, 0.5) is 0 Å². The summed E-state index contributed by atoms with van der Waals surface area (Å²) in [6, 6.07) is 8.30. The van der Waals surface area contributed by atoms with E-state index in [0.717, 1.165) is 0 Å². The molecule has 72 valence electrons. The van der Waals surface area contributed by atoms with E-state index in [1.54, 1.807) is 30.3 Å². The molecule has 3 N–H and O–H groups in total. The van der Waals surface area contributed by atoms with Crippen LogP contribution >= 0.6 is 0 Å². The minimum absolute atomic E-state index is 0.331. The number of aromatic carboxylic acids is 1. The third kappa shape index (κ3) is 6.99. The van der Waals surface area contributed by atoms with Gasteiger partial charge in [0.1, 0.15) is 6.29 Å². The molecule has 0 saturated carbocycles. The van der Waals surface area contributed by atoms with Gasteiger partial charge in [-0.05, 0) is 19.1 Å². The summed E-state index contributed by atoms with van der Waals surface area (Å²) in [6.45, 7) is 1.28. The van der Waals surface area contributed by atoms with Crippen molar-refractivity contribution in [3.8, 4) is 0 Å². The Morgan fingerprint density at radius 2 is 1.62 bits per heavy atom. The van der Waals surface area contributed by atoms with Crippen LogP contribution in [-0.4, -0.2) is 27.6 Å². The van der Waals surface area contributed by atoms with Gasteiger partial charge >= 0.3 is 5.97 Å². The van der Waals surface area contributed by atoms with Crippen molar-refractivity contribution in [3.63, 3.8) is 0 Å². The van der Waals surface area contributed by atoms with Crippen molar-refractivity contribution in [1.82, 2.24) is 0 Å². The van der Waals surface area contributed by atoms with E-state index in [0.29, 0.717) is 5.56 Å². The van der Waals surface area contributed by atoms with Crippen LogP contribution in [0.25, 0.3) is 0 Å². The number of hydrogen-bond acceptors (Lipinski definition) is 3. The Morgan fingerprint density at radius 1 is 1.23 bits per heavy atom. The van der Waals surface area contributed by atoms with Crippen LogP contribution < -0.4 is 0 Å². The molecule has 0 bridgehead atoms. The highest BCUT2D eigenvalue weighted by Crippen LogP contribution is 1.96. The smallest absolute Gasteiger partial charge is 0.335 e. The second kappa shape index (κ2) is 6.16. The van der Waals surface area contributed by atoms with E-state index >= 15 is 0 Å². The van der Waals surface area contributed by atoms with Crippen LogP contribution in [-0.2, 0) is 0 Å². The summed E-state index contributed by atoms with van der Waals surface area (Å²) in [4.78, 5) is 10.2. The van der Waals surface area contributed by atoms with E-state index in [-0.39, 0.29) is 0 Å². The first-order valence-corrected chi connectivity index (χ1v) is 3.68. The molecular weight excluding hydrogens is 172 g/mol. The fourth-order valence-corrected chi connectivity index (χ4v) is 0.581. The average Bonchev–Trinajstić information content (AvgIpc) is 2.05. The van der Waals surface area contributed by atoms with Crippen LogP contribution in [0, 0.1) is 0 Å². The minimum Gasteiger partial charge on any atom is -0.478 e. The van der Waals surface area contributed by atoms with Crippen molar-refractivity contribution in [3.05, 3.63) is 35.9 Å². The summed E-state index contributed by atoms with van der Waals surface area (Å²) < 4.78 is 0. The zero-order valence-electron chi connectivity index (χ0n) is 7.21.